The minimum absolute atomic E-state index is 0.272. The van der Waals surface area contributed by atoms with Gasteiger partial charge in [0.2, 0.25) is 0 Å². The first kappa shape index (κ1) is 18.7. The number of fused-ring (bicyclic) bond motifs is 1. The zero-order valence-electron chi connectivity index (χ0n) is 13.9. The predicted octanol–water partition coefficient (Wildman–Crippen LogP) is 6.10. The molecule has 0 aliphatic carbocycles. The first-order valence-corrected chi connectivity index (χ1v) is 11.7. The average Bonchev–Trinajstić information content (AvgIpc) is 3.05. The lowest BCUT2D eigenvalue weighted by Crippen LogP contribution is -2.01. The van der Waals surface area contributed by atoms with Gasteiger partial charge in [-0.25, -0.2) is 4.98 Å². The molecule has 7 heteroatoms. The van der Waals surface area contributed by atoms with E-state index >= 15 is 0 Å². The van der Waals surface area contributed by atoms with E-state index in [0.29, 0.717) is 18.5 Å². The summed E-state index contributed by atoms with van der Waals surface area (Å²) in [6, 6.07) is 16.0. The third-order valence-corrected chi connectivity index (χ3v) is 6.95. The molecule has 1 aromatic heterocycles. The lowest BCUT2D eigenvalue weighted by atomic mass is 10.2. The number of para-hydroxylation sites is 1. The Balaban J connectivity index is 1.78. The van der Waals surface area contributed by atoms with Gasteiger partial charge in [0.15, 0.2) is 0 Å². The van der Waals surface area contributed by atoms with Gasteiger partial charge in [-0.15, -0.1) is 11.3 Å². The van der Waals surface area contributed by atoms with Crippen molar-refractivity contribution < 1.29 is 13.6 Å². The van der Waals surface area contributed by atoms with E-state index in [9.17, 15) is 4.57 Å². The highest BCUT2D eigenvalue weighted by atomic mass is 79.9. The fourth-order valence-corrected chi connectivity index (χ4v) is 5.53. The summed E-state index contributed by atoms with van der Waals surface area (Å²) in [5.74, 6) is 0. The van der Waals surface area contributed by atoms with Gasteiger partial charge >= 0.3 is 7.60 Å². The first-order chi connectivity index (χ1) is 12.1. The van der Waals surface area contributed by atoms with Crippen LogP contribution in [-0.4, -0.2) is 23.5 Å². The summed E-state index contributed by atoms with van der Waals surface area (Å²) >= 11 is 4.95. The molecule has 2 aromatic carbocycles. The molecule has 0 aliphatic heterocycles. The van der Waals surface area contributed by atoms with E-state index in [4.69, 9.17) is 9.05 Å². The van der Waals surface area contributed by atoms with E-state index in [2.05, 4.69) is 27.0 Å². The van der Waals surface area contributed by atoms with Crippen molar-refractivity contribution in [2.45, 2.75) is 13.1 Å². The Labute approximate surface area is 159 Å². The summed E-state index contributed by atoms with van der Waals surface area (Å²) in [5, 5.41) is 1.61. The molecular formula is C18H19BrNO3PS. The van der Waals surface area contributed by atoms with Crippen molar-refractivity contribution in [1.29, 1.82) is 0 Å². The summed E-state index contributed by atoms with van der Waals surface area (Å²) in [4.78, 5) is 4.67. The number of alkyl halides is 1. The summed E-state index contributed by atoms with van der Waals surface area (Å²) < 4.78 is 24.8. The van der Waals surface area contributed by atoms with Crippen LogP contribution in [0.15, 0.2) is 48.5 Å². The van der Waals surface area contributed by atoms with Gasteiger partial charge < -0.3 is 9.05 Å². The third-order valence-electron chi connectivity index (χ3n) is 3.56. The molecule has 3 rings (SSSR count). The molecule has 132 valence electrons. The van der Waals surface area contributed by atoms with Crippen LogP contribution in [0.2, 0.25) is 0 Å². The number of halogens is 1. The standard InChI is InChI=1S/C18H19BrNO3PS/c1-2-22-24(21,23-12-11-19)13-14-7-9-15(10-8-14)18-20-16-5-3-4-6-17(16)25-18/h3-10H,2,11-13H2,1H3. The predicted molar refractivity (Wildman–Crippen MR) is 108 cm³/mol. The summed E-state index contributed by atoms with van der Waals surface area (Å²) in [6.07, 6.45) is 0.272. The van der Waals surface area contributed by atoms with Crippen LogP contribution < -0.4 is 0 Å². The van der Waals surface area contributed by atoms with Crippen molar-refractivity contribution in [3.05, 3.63) is 54.1 Å². The van der Waals surface area contributed by atoms with Crippen molar-refractivity contribution in [1.82, 2.24) is 4.98 Å². The summed E-state index contributed by atoms with van der Waals surface area (Å²) in [7, 11) is -3.11. The number of nitrogens with zero attached hydrogens (tertiary/aromatic N) is 1. The van der Waals surface area contributed by atoms with E-state index in [0.717, 1.165) is 21.7 Å². The molecule has 0 bridgehead atoms. The van der Waals surface area contributed by atoms with Crippen molar-refractivity contribution in [2.75, 3.05) is 18.5 Å². The number of hydrogen-bond acceptors (Lipinski definition) is 5. The van der Waals surface area contributed by atoms with Gasteiger partial charge in [0.05, 0.1) is 29.6 Å². The van der Waals surface area contributed by atoms with Crippen LogP contribution in [0.3, 0.4) is 0 Å². The van der Waals surface area contributed by atoms with Gasteiger partial charge in [-0.05, 0) is 24.6 Å². The van der Waals surface area contributed by atoms with Crippen LogP contribution in [-0.2, 0) is 19.8 Å². The minimum Gasteiger partial charge on any atom is -0.309 e. The average molecular weight is 440 g/mol. The second-order valence-electron chi connectivity index (χ2n) is 5.39. The zero-order chi connectivity index (χ0) is 17.7. The van der Waals surface area contributed by atoms with Gasteiger partial charge in [-0.3, -0.25) is 4.57 Å². The SMILES string of the molecule is CCOP(=O)(Cc1ccc(-c2nc3ccccc3s2)cc1)OCCBr. The fourth-order valence-electron chi connectivity index (χ4n) is 2.47. The normalized spacial score (nSPS) is 13.8. The molecule has 25 heavy (non-hydrogen) atoms. The molecule has 0 amide bonds. The second-order valence-corrected chi connectivity index (χ2v) is 9.27. The molecule has 0 spiro atoms. The van der Waals surface area contributed by atoms with Crippen LogP contribution in [0.4, 0.5) is 0 Å². The van der Waals surface area contributed by atoms with Crippen molar-refractivity contribution in [2.24, 2.45) is 0 Å². The molecule has 1 atom stereocenters. The molecule has 1 heterocycles. The fraction of sp³-hybridized carbons (Fsp3) is 0.278. The topological polar surface area (TPSA) is 48.4 Å². The van der Waals surface area contributed by atoms with Crippen molar-refractivity contribution >= 4 is 45.1 Å². The maximum Gasteiger partial charge on any atom is 0.335 e. The molecule has 4 nitrogen and oxygen atoms in total. The number of benzene rings is 2. The van der Waals surface area contributed by atoms with Gasteiger partial charge in [0.1, 0.15) is 5.01 Å². The Morgan fingerprint density at radius 1 is 1.12 bits per heavy atom. The monoisotopic (exact) mass is 439 g/mol. The van der Waals surface area contributed by atoms with Crippen molar-refractivity contribution in [3.8, 4) is 10.6 Å². The van der Waals surface area contributed by atoms with Crippen LogP contribution in [0, 0.1) is 0 Å². The molecule has 1 unspecified atom stereocenters. The highest BCUT2D eigenvalue weighted by Gasteiger charge is 2.24. The Hall–Kier alpha value is -1.04. The molecule has 0 saturated carbocycles. The Kier molecular flexibility index (Phi) is 6.42. The number of rotatable bonds is 8. The van der Waals surface area contributed by atoms with Crippen LogP contribution >= 0.6 is 34.9 Å². The molecule has 0 saturated heterocycles. The maximum atomic E-state index is 12.7. The molecule has 0 aliphatic rings. The smallest absolute Gasteiger partial charge is 0.309 e. The largest absolute Gasteiger partial charge is 0.335 e. The summed E-state index contributed by atoms with van der Waals surface area (Å²) in [6.45, 7) is 2.55. The van der Waals surface area contributed by atoms with E-state index in [-0.39, 0.29) is 6.16 Å². The summed E-state index contributed by atoms with van der Waals surface area (Å²) in [5.41, 5.74) is 2.99. The Morgan fingerprint density at radius 2 is 1.88 bits per heavy atom. The molecular weight excluding hydrogens is 421 g/mol. The molecule has 3 aromatic rings. The van der Waals surface area contributed by atoms with Crippen LogP contribution in [0.25, 0.3) is 20.8 Å². The first-order valence-electron chi connectivity index (χ1n) is 8.02. The van der Waals surface area contributed by atoms with Crippen molar-refractivity contribution in [3.63, 3.8) is 0 Å². The second kappa shape index (κ2) is 8.56. The zero-order valence-corrected chi connectivity index (χ0v) is 17.1. The van der Waals surface area contributed by atoms with E-state index in [1.807, 2.05) is 49.4 Å². The van der Waals surface area contributed by atoms with E-state index in [1.54, 1.807) is 11.3 Å². The van der Waals surface area contributed by atoms with E-state index in [1.165, 1.54) is 4.70 Å². The van der Waals surface area contributed by atoms with Crippen LogP contribution in [0.1, 0.15) is 12.5 Å². The lowest BCUT2D eigenvalue weighted by molar-refractivity contribution is 0.221. The number of aromatic nitrogens is 1. The lowest BCUT2D eigenvalue weighted by Gasteiger charge is -2.17. The molecule has 0 fully saturated rings. The van der Waals surface area contributed by atoms with Crippen LogP contribution in [0.5, 0.6) is 0 Å². The highest BCUT2D eigenvalue weighted by Crippen LogP contribution is 2.51. The highest BCUT2D eigenvalue weighted by molar-refractivity contribution is 9.09. The Bertz CT molecular complexity index is 848. The maximum absolute atomic E-state index is 12.7. The van der Waals surface area contributed by atoms with Gasteiger partial charge in [0.25, 0.3) is 0 Å². The quantitative estimate of drug-likeness (QED) is 0.314. The molecule has 0 radical (unpaired) electrons. The van der Waals surface area contributed by atoms with Gasteiger partial charge in [-0.1, -0.05) is 52.3 Å². The van der Waals surface area contributed by atoms with E-state index < -0.39 is 7.60 Å². The number of hydrogen-bond donors (Lipinski definition) is 0. The third kappa shape index (κ3) is 4.78. The minimum atomic E-state index is -3.11. The van der Waals surface area contributed by atoms with Gasteiger partial charge in [0, 0.05) is 10.9 Å². The molecule has 0 N–H and O–H groups in total. The Morgan fingerprint density at radius 3 is 2.56 bits per heavy atom. The van der Waals surface area contributed by atoms with Gasteiger partial charge in [-0.2, -0.15) is 0 Å². The number of thiazole rings is 1.